The van der Waals surface area contributed by atoms with Gasteiger partial charge in [-0.1, -0.05) is 6.92 Å². The van der Waals surface area contributed by atoms with Gasteiger partial charge in [0.1, 0.15) is 5.75 Å². The Hall–Kier alpha value is -1.38. The van der Waals surface area contributed by atoms with Gasteiger partial charge in [-0.3, -0.25) is 0 Å². The summed E-state index contributed by atoms with van der Waals surface area (Å²) in [4.78, 5) is 2.08. The van der Waals surface area contributed by atoms with Gasteiger partial charge in [-0.05, 0) is 18.6 Å². The van der Waals surface area contributed by atoms with Crippen LogP contribution in [0.25, 0.3) is 0 Å². The number of nitrogens with two attached hydrogens (primary N) is 1. The Morgan fingerprint density at radius 1 is 1.46 bits per heavy atom. The van der Waals surface area contributed by atoms with Crippen LogP contribution in [0.3, 0.4) is 0 Å². The number of phenolic OH excluding ortho intramolecular Hbond substituents is 1. The average molecular weight is 180 g/mol. The molecule has 3 N–H and O–H groups in total. The average Bonchev–Trinajstić information content (AvgIpc) is 2.10. The minimum Gasteiger partial charge on any atom is -0.506 e. The van der Waals surface area contributed by atoms with Gasteiger partial charge in [0.2, 0.25) is 0 Å². The van der Waals surface area contributed by atoms with E-state index in [0.29, 0.717) is 5.69 Å². The van der Waals surface area contributed by atoms with Crippen LogP contribution in [0.1, 0.15) is 13.3 Å². The third kappa shape index (κ3) is 2.28. The van der Waals surface area contributed by atoms with Crippen LogP contribution in [-0.2, 0) is 0 Å². The van der Waals surface area contributed by atoms with E-state index in [4.69, 9.17) is 5.73 Å². The van der Waals surface area contributed by atoms with Gasteiger partial charge in [-0.25, -0.2) is 0 Å². The van der Waals surface area contributed by atoms with Crippen molar-refractivity contribution in [3.05, 3.63) is 18.2 Å². The molecule has 0 amide bonds. The maximum Gasteiger partial charge on any atom is 0.140 e. The van der Waals surface area contributed by atoms with Crippen LogP contribution >= 0.6 is 0 Å². The predicted molar refractivity (Wildman–Crippen MR) is 56.1 cm³/mol. The van der Waals surface area contributed by atoms with E-state index < -0.39 is 0 Å². The molecule has 0 aliphatic rings. The lowest BCUT2D eigenvalue weighted by atomic mass is 10.2. The number of benzene rings is 1. The first-order valence-corrected chi connectivity index (χ1v) is 4.44. The smallest absolute Gasteiger partial charge is 0.140 e. The molecule has 0 atom stereocenters. The summed E-state index contributed by atoms with van der Waals surface area (Å²) in [5.41, 5.74) is 6.91. The molecule has 3 nitrogen and oxygen atoms in total. The minimum absolute atomic E-state index is 0.153. The van der Waals surface area contributed by atoms with Crippen LogP contribution in [0.5, 0.6) is 5.75 Å². The lowest BCUT2D eigenvalue weighted by Crippen LogP contribution is -2.17. The van der Waals surface area contributed by atoms with Gasteiger partial charge in [0.05, 0.1) is 5.69 Å². The van der Waals surface area contributed by atoms with E-state index in [-0.39, 0.29) is 5.75 Å². The van der Waals surface area contributed by atoms with Gasteiger partial charge in [0, 0.05) is 25.3 Å². The molecular formula is C10H16N2O. The highest BCUT2D eigenvalue weighted by Gasteiger charge is 2.02. The Kier molecular flexibility index (Phi) is 3.01. The molecule has 72 valence electrons. The molecule has 1 rings (SSSR count). The number of aromatic hydroxyl groups is 1. The summed E-state index contributed by atoms with van der Waals surface area (Å²) in [6.07, 6.45) is 1.08. The molecule has 0 aliphatic carbocycles. The molecule has 0 aliphatic heterocycles. The van der Waals surface area contributed by atoms with Gasteiger partial charge >= 0.3 is 0 Å². The van der Waals surface area contributed by atoms with Crippen LogP contribution in [0.15, 0.2) is 18.2 Å². The van der Waals surface area contributed by atoms with E-state index in [2.05, 4.69) is 11.8 Å². The number of nitrogen functional groups attached to an aromatic ring is 1. The number of phenols is 1. The predicted octanol–water partition coefficient (Wildman–Crippen LogP) is 1.82. The molecular weight excluding hydrogens is 164 g/mol. The summed E-state index contributed by atoms with van der Waals surface area (Å²) < 4.78 is 0. The Labute approximate surface area is 78.8 Å². The van der Waals surface area contributed by atoms with Gasteiger partial charge in [0.15, 0.2) is 0 Å². The van der Waals surface area contributed by atoms with Crippen molar-refractivity contribution in [2.24, 2.45) is 0 Å². The second kappa shape index (κ2) is 4.03. The van der Waals surface area contributed by atoms with Crippen molar-refractivity contribution < 1.29 is 5.11 Å². The second-order valence-electron chi connectivity index (χ2n) is 3.16. The zero-order valence-corrected chi connectivity index (χ0v) is 8.12. The van der Waals surface area contributed by atoms with E-state index >= 15 is 0 Å². The van der Waals surface area contributed by atoms with Gasteiger partial charge < -0.3 is 15.7 Å². The fourth-order valence-electron chi connectivity index (χ4n) is 1.23. The van der Waals surface area contributed by atoms with Crippen LogP contribution in [0.4, 0.5) is 11.4 Å². The molecule has 0 aromatic heterocycles. The van der Waals surface area contributed by atoms with Crippen molar-refractivity contribution in [2.75, 3.05) is 24.2 Å². The van der Waals surface area contributed by atoms with Crippen molar-refractivity contribution >= 4 is 11.4 Å². The summed E-state index contributed by atoms with van der Waals surface area (Å²) in [6.45, 7) is 3.09. The Bertz CT molecular complexity index is 286. The van der Waals surface area contributed by atoms with Crippen molar-refractivity contribution in [3.8, 4) is 5.75 Å². The maximum absolute atomic E-state index is 9.37. The Morgan fingerprint density at radius 3 is 2.69 bits per heavy atom. The van der Waals surface area contributed by atoms with E-state index in [1.807, 2.05) is 13.1 Å². The number of nitrogens with zero attached hydrogens (tertiary/aromatic N) is 1. The minimum atomic E-state index is 0.153. The standard InChI is InChI=1S/C10H16N2O/c1-3-6-12(2)8-4-5-9(11)10(13)7-8/h4-5,7,13H,3,6,11H2,1-2H3. The van der Waals surface area contributed by atoms with E-state index in [9.17, 15) is 5.11 Å². The van der Waals surface area contributed by atoms with E-state index in [1.165, 1.54) is 0 Å². The second-order valence-corrected chi connectivity index (χ2v) is 3.16. The Balaban J connectivity index is 2.84. The zero-order chi connectivity index (χ0) is 9.84. The number of hydrogen-bond acceptors (Lipinski definition) is 3. The lowest BCUT2D eigenvalue weighted by Gasteiger charge is -2.18. The topological polar surface area (TPSA) is 49.5 Å². The normalized spacial score (nSPS) is 10.0. The SMILES string of the molecule is CCCN(C)c1ccc(N)c(O)c1. The molecule has 3 heteroatoms. The van der Waals surface area contributed by atoms with Crippen molar-refractivity contribution in [1.82, 2.24) is 0 Å². The molecule has 13 heavy (non-hydrogen) atoms. The molecule has 1 aromatic rings. The van der Waals surface area contributed by atoms with Gasteiger partial charge in [-0.2, -0.15) is 0 Å². The van der Waals surface area contributed by atoms with Crippen LogP contribution < -0.4 is 10.6 Å². The molecule has 0 unspecified atom stereocenters. The molecule has 0 heterocycles. The maximum atomic E-state index is 9.37. The third-order valence-electron chi connectivity index (χ3n) is 2.01. The summed E-state index contributed by atoms with van der Waals surface area (Å²) in [6, 6.07) is 5.31. The molecule has 0 radical (unpaired) electrons. The third-order valence-corrected chi connectivity index (χ3v) is 2.01. The molecule has 1 aromatic carbocycles. The largest absolute Gasteiger partial charge is 0.506 e. The lowest BCUT2D eigenvalue weighted by molar-refractivity contribution is 0.478. The molecule has 0 spiro atoms. The first kappa shape index (κ1) is 9.71. The van der Waals surface area contributed by atoms with Crippen molar-refractivity contribution in [3.63, 3.8) is 0 Å². The summed E-state index contributed by atoms with van der Waals surface area (Å²) in [7, 11) is 1.99. The molecule has 0 bridgehead atoms. The van der Waals surface area contributed by atoms with Crippen LogP contribution in [-0.4, -0.2) is 18.7 Å². The van der Waals surface area contributed by atoms with Crippen molar-refractivity contribution in [2.45, 2.75) is 13.3 Å². The Morgan fingerprint density at radius 2 is 2.15 bits per heavy atom. The van der Waals surface area contributed by atoms with Crippen LogP contribution in [0.2, 0.25) is 0 Å². The number of rotatable bonds is 3. The first-order valence-electron chi connectivity index (χ1n) is 4.44. The number of hydrogen-bond donors (Lipinski definition) is 2. The fourth-order valence-corrected chi connectivity index (χ4v) is 1.23. The highest BCUT2D eigenvalue weighted by atomic mass is 16.3. The van der Waals surface area contributed by atoms with E-state index in [0.717, 1.165) is 18.7 Å². The monoisotopic (exact) mass is 180 g/mol. The molecule has 0 saturated carbocycles. The van der Waals surface area contributed by atoms with Gasteiger partial charge in [-0.15, -0.1) is 0 Å². The van der Waals surface area contributed by atoms with Crippen LogP contribution in [0, 0.1) is 0 Å². The zero-order valence-electron chi connectivity index (χ0n) is 8.12. The number of anilines is 2. The molecule has 0 fully saturated rings. The fraction of sp³-hybridized carbons (Fsp3) is 0.400. The highest BCUT2D eigenvalue weighted by molar-refractivity contribution is 5.61. The van der Waals surface area contributed by atoms with Crippen molar-refractivity contribution in [1.29, 1.82) is 0 Å². The summed E-state index contributed by atoms with van der Waals surface area (Å²) in [5.74, 6) is 0.153. The summed E-state index contributed by atoms with van der Waals surface area (Å²) >= 11 is 0. The first-order chi connectivity index (χ1) is 6.15. The molecule has 0 saturated heterocycles. The quantitative estimate of drug-likeness (QED) is 0.551. The highest BCUT2D eigenvalue weighted by Crippen LogP contribution is 2.25. The van der Waals surface area contributed by atoms with E-state index in [1.54, 1.807) is 12.1 Å². The van der Waals surface area contributed by atoms with Gasteiger partial charge in [0.25, 0.3) is 0 Å². The summed E-state index contributed by atoms with van der Waals surface area (Å²) in [5, 5.41) is 9.37.